The highest BCUT2D eigenvalue weighted by atomic mass is 32.2. The molecule has 0 aromatic heterocycles. The minimum Gasteiger partial charge on any atom is -0.338 e. The van der Waals surface area contributed by atoms with Crippen LogP contribution >= 0.6 is 0 Å². The fraction of sp³-hybridized carbons (Fsp3) is 0.519. The van der Waals surface area contributed by atoms with Crippen molar-refractivity contribution in [2.45, 2.75) is 69.3 Å². The van der Waals surface area contributed by atoms with Crippen LogP contribution < -0.4 is 0 Å². The van der Waals surface area contributed by atoms with Crippen LogP contribution in [0.1, 0.15) is 55.4 Å². The van der Waals surface area contributed by atoms with Gasteiger partial charge in [-0.05, 0) is 67.0 Å². The highest BCUT2D eigenvalue weighted by Gasteiger charge is 2.57. The van der Waals surface area contributed by atoms with Crippen molar-refractivity contribution in [3.63, 3.8) is 0 Å². The van der Waals surface area contributed by atoms with E-state index in [1.54, 1.807) is 24.0 Å². The quantitative estimate of drug-likeness (QED) is 0.418. The molecule has 202 valence electrons. The van der Waals surface area contributed by atoms with Gasteiger partial charge in [-0.3, -0.25) is 4.79 Å². The summed E-state index contributed by atoms with van der Waals surface area (Å²) >= 11 is 0. The van der Waals surface area contributed by atoms with Crippen molar-refractivity contribution in [1.82, 2.24) is 4.90 Å². The third-order valence-electron chi connectivity index (χ3n) is 7.84. The first-order valence-corrected chi connectivity index (χ1v) is 14.2. The zero-order valence-electron chi connectivity index (χ0n) is 20.7. The molecular formula is C27H30F5NO3S. The number of alkyl halides is 4. The van der Waals surface area contributed by atoms with Gasteiger partial charge in [0.1, 0.15) is 5.82 Å². The van der Waals surface area contributed by atoms with Gasteiger partial charge < -0.3 is 4.90 Å². The number of sulfone groups is 1. The summed E-state index contributed by atoms with van der Waals surface area (Å²) in [4.78, 5) is 14.8. The number of hydrogen-bond acceptors (Lipinski definition) is 3. The molecule has 2 aromatic rings. The summed E-state index contributed by atoms with van der Waals surface area (Å²) in [5.41, 5.74) is -2.61. The van der Waals surface area contributed by atoms with Crippen LogP contribution in [0.3, 0.4) is 0 Å². The van der Waals surface area contributed by atoms with Crippen molar-refractivity contribution < 1.29 is 35.2 Å². The number of hydrogen-bond donors (Lipinski definition) is 0. The van der Waals surface area contributed by atoms with Crippen LogP contribution in [0.15, 0.2) is 42.5 Å². The van der Waals surface area contributed by atoms with Crippen LogP contribution in [0.4, 0.5) is 22.0 Å². The Balaban J connectivity index is 1.69. The lowest BCUT2D eigenvalue weighted by Crippen LogP contribution is -2.44. The Morgan fingerprint density at radius 2 is 1.76 bits per heavy atom. The standard InChI is InChI=1S/C27H30F5NO3S/c1-3-13-37(35,36)14-10-24(34)33-12-11-26(17-18-4-7-21(28)8-5-18)22-9-6-20(15-19(22)16-23(26)33)25(2,29)27(30,31)32/h4-9,15,23H,3,10-14,16-17H2,1-2H3. The SMILES string of the molecule is CCCS(=O)(=O)CCC(=O)N1CCC2(Cc3ccc(F)cc3)c3ccc(C(C)(F)C(F)(F)F)cc3CC12. The molecule has 0 saturated carbocycles. The van der Waals surface area contributed by atoms with Gasteiger partial charge in [0.05, 0.1) is 5.75 Å². The van der Waals surface area contributed by atoms with Gasteiger partial charge in [0, 0.05) is 30.2 Å². The zero-order chi connectivity index (χ0) is 27.2. The lowest BCUT2D eigenvalue weighted by atomic mass is 9.73. The molecule has 1 amide bonds. The average molecular weight is 544 g/mol. The monoisotopic (exact) mass is 543 g/mol. The molecule has 0 N–H and O–H groups in total. The minimum absolute atomic E-state index is 0.00631. The van der Waals surface area contributed by atoms with Gasteiger partial charge in [-0.25, -0.2) is 17.2 Å². The number of nitrogens with zero attached hydrogens (tertiary/aromatic N) is 1. The highest BCUT2D eigenvalue weighted by Crippen LogP contribution is 2.52. The third-order valence-corrected chi connectivity index (χ3v) is 9.69. The van der Waals surface area contributed by atoms with Gasteiger partial charge in [-0.2, -0.15) is 13.2 Å². The number of likely N-dealkylation sites (tertiary alicyclic amines) is 1. The van der Waals surface area contributed by atoms with Crippen LogP contribution in [-0.4, -0.2) is 49.5 Å². The fourth-order valence-corrected chi connectivity index (χ4v) is 7.15. The Morgan fingerprint density at radius 1 is 1.08 bits per heavy atom. The summed E-state index contributed by atoms with van der Waals surface area (Å²) in [6, 6.07) is 9.42. The van der Waals surface area contributed by atoms with Crippen LogP contribution in [0.2, 0.25) is 0 Å². The maximum absolute atomic E-state index is 14.8. The Morgan fingerprint density at radius 3 is 2.38 bits per heavy atom. The second-order valence-corrected chi connectivity index (χ2v) is 12.6. The molecule has 1 aliphatic heterocycles. The minimum atomic E-state index is -5.09. The molecule has 0 radical (unpaired) electrons. The average Bonchev–Trinajstić information content (AvgIpc) is 3.31. The molecule has 1 fully saturated rings. The number of amides is 1. The van der Waals surface area contributed by atoms with Crippen molar-refractivity contribution in [1.29, 1.82) is 0 Å². The van der Waals surface area contributed by atoms with Gasteiger partial charge in [0.25, 0.3) is 0 Å². The molecule has 1 aliphatic carbocycles. The second kappa shape index (κ2) is 9.67. The fourth-order valence-electron chi connectivity index (χ4n) is 5.84. The first-order chi connectivity index (χ1) is 17.2. The molecular weight excluding hydrogens is 513 g/mol. The van der Waals surface area contributed by atoms with Crippen LogP contribution in [0, 0.1) is 5.82 Å². The zero-order valence-corrected chi connectivity index (χ0v) is 21.6. The second-order valence-electron chi connectivity index (χ2n) is 10.3. The van der Waals surface area contributed by atoms with E-state index in [0.29, 0.717) is 38.3 Å². The summed E-state index contributed by atoms with van der Waals surface area (Å²) in [6.07, 6.45) is -3.68. The van der Waals surface area contributed by atoms with Gasteiger partial charge in [0.15, 0.2) is 9.84 Å². The van der Waals surface area contributed by atoms with E-state index in [9.17, 15) is 35.2 Å². The predicted molar refractivity (Wildman–Crippen MR) is 130 cm³/mol. The number of fused-ring (bicyclic) bond motifs is 3. The molecule has 37 heavy (non-hydrogen) atoms. The number of benzene rings is 2. The van der Waals surface area contributed by atoms with Gasteiger partial charge >= 0.3 is 6.18 Å². The van der Waals surface area contributed by atoms with E-state index in [1.807, 2.05) is 0 Å². The Bertz CT molecular complexity index is 1270. The predicted octanol–water partition coefficient (Wildman–Crippen LogP) is 5.43. The summed E-state index contributed by atoms with van der Waals surface area (Å²) in [6.45, 7) is 2.60. The van der Waals surface area contributed by atoms with Gasteiger partial charge in [-0.1, -0.05) is 37.3 Å². The van der Waals surface area contributed by atoms with Crippen molar-refractivity contribution in [3.05, 3.63) is 70.5 Å². The van der Waals surface area contributed by atoms with Crippen molar-refractivity contribution in [3.8, 4) is 0 Å². The molecule has 10 heteroatoms. The van der Waals surface area contributed by atoms with Crippen molar-refractivity contribution in [2.24, 2.45) is 0 Å². The Hall–Kier alpha value is -2.49. The maximum Gasteiger partial charge on any atom is 0.426 e. The van der Waals surface area contributed by atoms with Crippen LogP contribution in [0.25, 0.3) is 0 Å². The number of halogens is 5. The topological polar surface area (TPSA) is 54.5 Å². The van der Waals surface area contributed by atoms with E-state index >= 15 is 0 Å². The largest absolute Gasteiger partial charge is 0.426 e. The molecule has 3 atom stereocenters. The molecule has 4 rings (SSSR count). The molecule has 1 saturated heterocycles. The molecule has 4 nitrogen and oxygen atoms in total. The first-order valence-electron chi connectivity index (χ1n) is 12.3. The summed E-state index contributed by atoms with van der Waals surface area (Å²) in [7, 11) is -3.37. The lowest BCUT2D eigenvalue weighted by molar-refractivity contribution is -0.228. The smallest absolute Gasteiger partial charge is 0.338 e. The molecule has 0 bridgehead atoms. The molecule has 2 aliphatic rings. The maximum atomic E-state index is 14.8. The number of carbonyl (C=O) groups excluding carboxylic acids is 1. The lowest BCUT2D eigenvalue weighted by Gasteiger charge is -2.34. The molecule has 0 spiro atoms. The first kappa shape index (κ1) is 27.5. The Labute approximate surface area is 213 Å². The van der Waals surface area contributed by atoms with Crippen LogP contribution in [0.5, 0.6) is 0 Å². The van der Waals surface area contributed by atoms with Gasteiger partial charge in [0.2, 0.25) is 11.6 Å². The number of carbonyl (C=O) groups is 1. The summed E-state index contributed by atoms with van der Waals surface area (Å²) < 4.78 is 92.8. The Kier molecular flexibility index (Phi) is 7.20. The van der Waals surface area contributed by atoms with E-state index in [1.165, 1.54) is 24.3 Å². The van der Waals surface area contributed by atoms with E-state index in [0.717, 1.165) is 17.2 Å². The van der Waals surface area contributed by atoms with E-state index in [2.05, 4.69) is 0 Å². The molecule has 1 heterocycles. The van der Waals surface area contributed by atoms with Gasteiger partial charge in [-0.15, -0.1) is 0 Å². The normalized spacial score (nSPS) is 23.0. The van der Waals surface area contributed by atoms with E-state index < -0.39 is 44.5 Å². The highest BCUT2D eigenvalue weighted by molar-refractivity contribution is 7.91. The molecule has 3 unspecified atom stereocenters. The van der Waals surface area contributed by atoms with E-state index in [-0.39, 0.29) is 30.3 Å². The molecule has 2 aromatic carbocycles. The van der Waals surface area contributed by atoms with Crippen LogP contribution in [-0.2, 0) is 38.6 Å². The third kappa shape index (κ3) is 5.13. The van der Waals surface area contributed by atoms with E-state index in [4.69, 9.17) is 0 Å². The summed E-state index contributed by atoms with van der Waals surface area (Å²) in [5.74, 6) is -1.01. The number of rotatable bonds is 8. The van der Waals surface area contributed by atoms with Crippen molar-refractivity contribution in [2.75, 3.05) is 18.1 Å². The summed E-state index contributed by atoms with van der Waals surface area (Å²) in [5, 5.41) is 0. The van der Waals surface area contributed by atoms with Crippen molar-refractivity contribution >= 4 is 15.7 Å².